The van der Waals surface area contributed by atoms with Gasteiger partial charge in [0.15, 0.2) is 0 Å². The molecular formula is C15H25BrN2O. The predicted molar refractivity (Wildman–Crippen MR) is 84.9 cm³/mol. The largest absolute Gasteiger partial charge is 0.492 e. The van der Waals surface area contributed by atoms with Crippen molar-refractivity contribution < 1.29 is 4.74 Å². The number of benzene rings is 1. The van der Waals surface area contributed by atoms with Gasteiger partial charge in [-0.2, -0.15) is 0 Å². The van der Waals surface area contributed by atoms with Crippen LogP contribution < -0.4 is 10.5 Å². The predicted octanol–water partition coefficient (Wildman–Crippen LogP) is 2.98. The van der Waals surface area contributed by atoms with Gasteiger partial charge in [0.1, 0.15) is 12.4 Å². The lowest BCUT2D eigenvalue weighted by atomic mass is 10.1. The Kier molecular flexibility index (Phi) is 7.42. The molecule has 4 heteroatoms. The normalized spacial score (nSPS) is 11.1. The van der Waals surface area contributed by atoms with Crippen molar-refractivity contribution in [2.24, 2.45) is 5.73 Å². The summed E-state index contributed by atoms with van der Waals surface area (Å²) in [6, 6.07) is 4.19. The van der Waals surface area contributed by atoms with Crippen molar-refractivity contribution in [3.8, 4) is 5.75 Å². The van der Waals surface area contributed by atoms with E-state index in [0.717, 1.165) is 48.4 Å². The maximum absolute atomic E-state index is 5.99. The Balaban J connectivity index is 2.71. The quantitative estimate of drug-likeness (QED) is 0.797. The average Bonchev–Trinajstić information content (AvgIpc) is 2.37. The van der Waals surface area contributed by atoms with Crippen LogP contribution in [0, 0.1) is 6.92 Å². The van der Waals surface area contributed by atoms with Gasteiger partial charge in [0.05, 0.1) is 0 Å². The highest BCUT2D eigenvalue weighted by atomic mass is 79.9. The SMILES string of the molecule is CCN(CC)CCOc1c(C)cc(Br)cc1CCN. The molecule has 3 nitrogen and oxygen atoms in total. The molecule has 2 N–H and O–H groups in total. The Bertz CT molecular complexity index is 392. The smallest absolute Gasteiger partial charge is 0.125 e. The Morgan fingerprint density at radius 3 is 2.53 bits per heavy atom. The highest BCUT2D eigenvalue weighted by Crippen LogP contribution is 2.28. The third kappa shape index (κ3) is 5.13. The van der Waals surface area contributed by atoms with E-state index in [1.54, 1.807) is 0 Å². The Morgan fingerprint density at radius 1 is 1.26 bits per heavy atom. The molecule has 0 bridgehead atoms. The number of nitrogens with two attached hydrogens (primary N) is 1. The highest BCUT2D eigenvalue weighted by molar-refractivity contribution is 9.10. The molecule has 0 heterocycles. The molecule has 108 valence electrons. The number of rotatable bonds is 8. The van der Waals surface area contributed by atoms with Gasteiger partial charge in [-0.25, -0.2) is 0 Å². The summed E-state index contributed by atoms with van der Waals surface area (Å²) in [6.45, 7) is 10.9. The fourth-order valence-electron chi connectivity index (χ4n) is 2.16. The minimum atomic E-state index is 0.641. The number of hydrogen-bond acceptors (Lipinski definition) is 3. The molecule has 0 saturated heterocycles. The first kappa shape index (κ1) is 16.5. The van der Waals surface area contributed by atoms with E-state index in [4.69, 9.17) is 10.5 Å². The van der Waals surface area contributed by atoms with Crippen molar-refractivity contribution in [1.82, 2.24) is 4.90 Å². The number of halogens is 1. The minimum Gasteiger partial charge on any atom is -0.492 e. The summed E-state index contributed by atoms with van der Waals surface area (Å²) in [4.78, 5) is 2.36. The van der Waals surface area contributed by atoms with Gasteiger partial charge in [-0.05, 0) is 56.2 Å². The molecule has 0 unspecified atom stereocenters. The summed E-state index contributed by atoms with van der Waals surface area (Å²) < 4.78 is 7.08. The molecule has 0 saturated carbocycles. The molecule has 1 aromatic rings. The summed E-state index contributed by atoms with van der Waals surface area (Å²) in [5.74, 6) is 1.00. The first-order valence-corrected chi connectivity index (χ1v) is 7.75. The van der Waals surface area contributed by atoms with Crippen LogP contribution in [0.4, 0.5) is 0 Å². The van der Waals surface area contributed by atoms with Crippen molar-refractivity contribution in [2.45, 2.75) is 27.2 Å². The molecule has 0 aliphatic rings. The Morgan fingerprint density at radius 2 is 1.95 bits per heavy atom. The lowest BCUT2D eigenvalue weighted by Crippen LogP contribution is -2.28. The molecule has 0 atom stereocenters. The van der Waals surface area contributed by atoms with Gasteiger partial charge >= 0.3 is 0 Å². The zero-order chi connectivity index (χ0) is 14.3. The number of hydrogen-bond donors (Lipinski definition) is 1. The molecule has 19 heavy (non-hydrogen) atoms. The molecule has 0 fully saturated rings. The third-order valence-corrected chi connectivity index (χ3v) is 3.74. The second-order valence-corrected chi connectivity index (χ2v) is 5.54. The summed E-state index contributed by atoms with van der Waals surface area (Å²) in [5.41, 5.74) is 8.02. The summed E-state index contributed by atoms with van der Waals surface area (Å²) >= 11 is 3.53. The summed E-state index contributed by atoms with van der Waals surface area (Å²) in [6.07, 6.45) is 0.848. The third-order valence-electron chi connectivity index (χ3n) is 3.28. The molecule has 1 rings (SSSR count). The standard InChI is InChI=1S/C15H25BrN2O/c1-4-18(5-2)8-9-19-15-12(3)10-14(16)11-13(15)6-7-17/h10-11H,4-9,17H2,1-3H3. The van der Waals surface area contributed by atoms with Gasteiger partial charge in [0, 0.05) is 11.0 Å². The average molecular weight is 329 g/mol. The minimum absolute atomic E-state index is 0.641. The first-order valence-electron chi connectivity index (χ1n) is 6.96. The number of ether oxygens (including phenoxy) is 1. The summed E-state index contributed by atoms with van der Waals surface area (Å²) in [7, 11) is 0. The van der Waals surface area contributed by atoms with Gasteiger partial charge in [0.2, 0.25) is 0 Å². The van der Waals surface area contributed by atoms with E-state index in [1.165, 1.54) is 5.56 Å². The van der Waals surface area contributed by atoms with E-state index in [-0.39, 0.29) is 0 Å². The fraction of sp³-hybridized carbons (Fsp3) is 0.600. The topological polar surface area (TPSA) is 38.5 Å². The van der Waals surface area contributed by atoms with Crippen LogP contribution in [0.2, 0.25) is 0 Å². The molecule has 1 aromatic carbocycles. The molecule has 0 aromatic heterocycles. The van der Waals surface area contributed by atoms with Crippen LogP contribution >= 0.6 is 15.9 Å². The molecule has 0 amide bonds. The van der Waals surface area contributed by atoms with E-state index < -0.39 is 0 Å². The van der Waals surface area contributed by atoms with Crippen LogP contribution in [-0.2, 0) is 6.42 Å². The zero-order valence-corrected chi connectivity index (χ0v) is 13.8. The lowest BCUT2D eigenvalue weighted by molar-refractivity contribution is 0.221. The van der Waals surface area contributed by atoms with Crippen LogP contribution in [0.15, 0.2) is 16.6 Å². The van der Waals surface area contributed by atoms with Gasteiger partial charge in [-0.3, -0.25) is 0 Å². The number of likely N-dealkylation sites (N-methyl/N-ethyl adjacent to an activating group) is 1. The second-order valence-electron chi connectivity index (χ2n) is 4.62. The van der Waals surface area contributed by atoms with Crippen molar-refractivity contribution in [3.05, 3.63) is 27.7 Å². The second kappa shape index (κ2) is 8.56. The number of nitrogens with zero attached hydrogens (tertiary/aromatic N) is 1. The monoisotopic (exact) mass is 328 g/mol. The van der Waals surface area contributed by atoms with Gasteiger partial charge in [-0.1, -0.05) is 29.8 Å². The van der Waals surface area contributed by atoms with Crippen LogP contribution in [0.25, 0.3) is 0 Å². The molecule has 0 spiro atoms. The molecule has 0 aliphatic carbocycles. The van der Waals surface area contributed by atoms with Gasteiger partial charge in [0.25, 0.3) is 0 Å². The van der Waals surface area contributed by atoms with Crippen LogP contribution in [0.5, 0.6) is 5.75 Å². The van der Waals surface area contributed by atoms with Crippen LogP contribution in [0.3, 0.4) is 0 Å². The van der Waals surface area contributed by atoms with Crippen molar-refractivity contribution in [2.75, 3.05) is 32.8 Å². The van der Waals surface area contributed by atoms with E-state index >= 15 is 0 Å². The molecular weight excluding hydrogens is 304 g/mol. The zero-order valence-electron chi connectivity index (χ0n) is 12.2. The van der Waals surface area contributed by atoms with E-state index in [9.17, 15) is 0 Å². The van der Waals surface area contributed by atoms with Crippen LogP contribution in [-0.4, -0.2) is 37.7 Å². The molecule has 0 aliphatic heterocycles. The van der Waals surface area contributed by atoms with Crippen molar-refractivity contribution in [3.63, 3.8) is 0 Å². The highest BCUT2D eigenvalue weighted by Gasteiger charge is 2.09. The Labute approximate surface area is 125 Å². The van der Waals surface area contributed by atoms with E-state index in [0.29, 0.717) is 6.54 Å². The van der Waals surface area contributed by atoms with Gasteiger partial charge in [-0.15, -0.1) is 0 Å². The number of aryl methyl sites for hydroxylation is 1. The summed E-state index contributed by atoms with van der Waals surface area (Å²) in [5, 5.41) is 0. The van der Waals surface area contributed by atoms with Crippen LogP contribution in [0.1, 0.15) is 25.0 Å². The maximum Gasteiger partial charge on any atom is 0.125 e. The maximum atomic E-state index is 5.99. The fourth-order valence-corrected chi connectivity index (χ4v) is 2.78. The lowest BCUT2D eigenvalue weighted by Gasteiger charge is -2.20. The molecule has 0 radical (unpaired) electrons. The van der Waals surface area contributed by atoms with Crippen molar-refractivity contribution >= 4 is 15.9 Å². The van der Waals surface area contributed by atoms with Crippen molar-refractivity contribution in [1.29, 1.82) is 0 Å². The first-order chi connectivity index (χ1) is 9.12. The van der Waals surface area contributed by atoms with E-state index in [2.05, 4.69) is 53.7 Å². The Hall–Kier alpha value is -0.580. The van der Waals surface area contributed by atoms with E-state index in [1.807, 2.05) is 0 Å². The van der Waals surface area contributed by atoms with Gasteiger partial charge < -0.3 is 15.4 Å².